The van der Waals surface area contributed by atoms with Gasteiger partial charge in [-0.1, -0.05) is 56.2 Å². The normalized spacial score (nSPS) is 33.3. The third kappa shape index (κ3) is 1.20. The zero-order valence-corrected chi connectivity index (χ0v) is 9.37. The molecule has 1 spiro atoms. The van der Waals surface area contributed by atoms with E-state index in [2.05, 4.69) is 43.3 Å². The molecule has 3 rings (SSSR count). The van der Waals surface area contributed by atoms with Crippen molar-refractivity contribution in [3.63, 3.8) is 0 Å². The van der Waals surface area contributed by atoms with E-state index in [4.69, 9.17) is 0 Å². The van der Waals surface area contributed by atoms with E-state index in [1.165, 1.54) is 31.2 Å². The lowest BCUT2D eigenvalue weighted by atomic mass is 9.64. The van der Waals surface area contributed by atoms with Crippen LogP contribution < -0.4 is 0 Å². The summed E-state index contributed by atoms with van der Waals surface area (Å²) in [5, 5.41) is 0. The lowest BCUT2D eigenvalue weighted by molar-refractivity contribution is 0.257. The first-order chi connectivity index (χ1) is 7.33. The molecule has 1 saturated carbocycles. The summed E-state index contributed by atoms with van der Waals surface area (Å²) >= 11 is 0. The van der Waals surface area contributed by atoms with Gasteiger partial charge in [-0.3, -0.25) is 0 Å². The van der Waals surface area contributed by atoms with Crippen molar-refractivity contribution in [2.75, 3.05) is 0 Å². The van der Waals surface area contributed by atoms with Gasteiger partial charge in [-0.15, -0.1) is 0 Å². The van der Waals surface area contributed by atoms with Crippen LogP contribution in [0, 0.1) is 5.92 Å². The minimum absolute atomic E-state index is 0.384. The minimum Gasteiger partial charge on any atom is -0.0730 e. The van der Waals surface area contributed by atoms with Gasteiger partial charge in [0, 0.05) is 5.41 Å². The lowest BCUT2D eigenvalue weighted by Crippen LogP contribution is -2.33. The van der Waals surface area contributed by atoms with Crippen LogP contribution >= 0.6 is 0 Å². The minimum atomic E-state index is 0.384. The van der Waals surface area contributed by atoms with E-state index in [0.717, 1.165) is 5.92 Å². The molecule has 2 aliphatic rings. The molecule has 78 valence electrons. The highest BCUT2D eigenvalue weighted by Crippen LogP contribution is 2.49. The Labute approximate surface area is 92.0 Å². The zero-order valence-electron chi connectivity index (χ0n) is 9.37. The number of benzene rings is 1. The maximum atomic E-state index is 2.47. The summed E-state index contributed by atoms with van der Waals surface area (Å²) < 4.78 is 0. The maximum absolute atomic E-state index is 2.47. The SMILES string of the molecule is C[C@H]1CCCC[C@@]12C=Cc1ccccc12. The van der Waals surface area contributed by atoms with Crippen molar-refractivity contribution in [3.05, 3.63) is 41.5 Å². The standard InChI is InChI=1S/C15H18/c1-12-6-4-5-10-15(12)11-9-13-7-2-3-8-14(13)15/h2-3,7-9,11-12H,4-6,10H2,1H3/t12-,15+/m0/s1. The van der Waals surface area contributed by atoms with Crippen LogP contribution in [0.15, 0.2) is 30.3 Å². The lowest BCUT2D eigenvalue weighted by Gasteiger charge is -2.39. The zero-order chi connectivity index (χ0) is 10.3. The van der Waals surface area contributed by atoms with Crippen molar-refractivity contribution < 1.29 is 0 Å². The van der Waals surface area contributed by atoms with Crippen LogP contribution in [-0.4, -0.2) is 0 Å². The molecular formula is C15H18. The molecule has 0 bridgehead atoms. The average Bonchev–Trinajstić information content (AvgIpc) is 2.64. The van der Waals surface area contributed by atoms with E-state index in [1.807, 2.05) is 0 Å². The Balaban J connectivity index is 2.11. The van der Waals surface area contributed by atoms with Crippen LogP contribution in [0.4, 0.5) is 0 Å². The van der Waals surface area contributed by atoms with Gasteiger partial charge < -0.3 is 0 Å². The second-order valence-electron chi connectivity index (χ2n) is 5.11. The topological polar surface area (TPSA) is 0 Å². The van der Waals surface area contributed by atoms with Crippen LogP contribution in [0.1, 0.15) is 43.7 Å². The van der Waals surface area contributed by atoms with E-state index >= 15 is 0 Å². The molecule has 1 fully saturated rings. The Morgan fingerprint density at radius 3 is 2.93 bits per heavy atom. The molecule has 2 atom stereocenters. The molecule has 0 aromatic heterocycles. The van der Waals surface area contributed by atoms with E-state index < -0.39 is 0 Å². The summed E-state index contributed by atoms with van der Waals surface area (Å²) in [7, 11) is 0. The van der Waals surface area contributed by atoms with Gasteiger partial charge in [0.05, 0.1) is 0 Å². The van der Waals surface area contributed by atoms with E-state index in [0.29, 0.717) is 5.41 Å². The van der Waals surface area contributed by atoms with Crippen molar-refractivity contribution in [1.29, 1.82) is 0 Å². The molecular weight excluding hydrogens is 180 g/mol. The number of allylic oxidation sites excluding steroid dienone is 1. The largest absolute Gasteiger partial charge is 0.0730 e. The maximum Gasteiger partial charge on any atom is 0.0167 e. The summed E-state index contributed by atoms with van der Waals surface area (Å²) in [5.41, 5.74) is 3.41. The summed E-state index contributed by atoms with van der Waals surface area (Å²) in [6.07, 6.45) is 10.3. The van der Waals surface area contributed by atoms with Gasteiger partial charge in [0.2, 0.25) is 0 Å². The third-order valence-corrected chi connectivity index (χ3v) is 4.38. The van der Waals surface area contributed by atoms with Crippen molar-refractivity contribution in [2.24, 2.45) is 5.92 Å². The number of hydrogen-bond acceptors (Lipinski definition) is 0. The summed E-state index contributed by atoms with van der Waals surface area (Å²) in [5.74, 6) is 0.811. The monoisotopic (exact) mass is 198 g/mol. The molecule has 0 heteroatoms. The first kappa shape index (κ1) is 9.21. The molecule has 0 aliphatic heterocycles. The van der Waals surface area contributed by atoms with Gasteiger partial charge in [-0.2, -0.15) is 0 Å². The fraction of sp³-hybridized carbons (Fsp3) is 0.467. The first-order valence-electron chi connectivity index (χ1n) is 6.12. The fourth-order valence-corrected chi connectivity index (χ4v) is 3.41. The van der Waals surface area contributed by atoms with Crippen LogP contribution in [-0.2, 0) is 5.41 Å². The van der Waals surface area contributed by atoms with E-state index in [-0.39, 0.29) is 0 Å². The molecule has 15 heavy (non-hydrogen) atoms. The highest BCUT2D eigenvalue weighted by molar-refractivity contribution is 5.65. The molecule has 0 heterocycles. The second-order valence-corrected chi connectivity index (χ2v) is 5.11. The summed E-state index contributed by atoms with van der Waals surface area (Å²) in [6.45, 7) is 2.42. The Hall–Kier alpha value is -1.04. The van der Waals surface area contributed by atoms with Gasteiger partial charge >= 0.3 is 0 Å². The second kappa shape index (κ2) is 3.23. The molecule has 1 aromatic rings. The molecule has 0 N–H and O–H groups in total. The Morgan fingerprint density at radius 1 is 1.20 bits per heavy atom. The first-order valence-corrected chi connectivity index (χ1v) is 6.12. The van der Waals surface area contributed by atoms with Gasteiger partial charge in [0.25, 0.3) is 0 Å². The molecule has 0 unspecified atom stereocenters. The summed E-state index contributed by atoms with van der Waals surface area (Å²) in [4.78, 5) is 0. The Kier molecular flexibility index (Phi) is 1.98. The fourth-order valence-electron chi connectivity index (χ4n) is 3.41. The van der Waals surface area contributed by atoms with Crippen LogP contribution in [0.3, 0.4) is 0 Å². The predicted molar refractivity (Wildman–Crippen MR) is 64.8 cm³/mol. The molecule has 0 amide bonds. The van der Waals surface area contributed by atoms with Crippen molar-refractivity contribution >= 4 is 6.08 Å². The summed E-state index contributed by atoms with van der Waals surface area (Å²) in [6, 6.07) is 8.92. The van der Waals surface area contributed by atoms with Crippen LogP contribution in [0.25, 0.3) is 6.08 Å². The quantitative estimate of drug-likeness (QED) is 0.587. The molecule has 1 aromatic carbocycles. The highest BCUT2D eigenvalue weighted by Gasteiger charge is 2.40. The number of rotatable bonds is 0. The van der Waals surface area contributed by atoms with Gasteiger partial charge in [-0.25, -0.2) is 0 Å². The molecule has 0 saturated heterocycles. The van der Waals surface area contributed by atoms with Crippen LogP contribution in [0.2, 0.25) is 0 Å². The highest BCUT2D eigenvalue weighted by atomic mass is 14.4. The van der Waals surface area contributed by atoms with Crippen molar-refractivity contribution in [3.8, 4) is 0 Å². The smallest absolute Gasteiger partial charge is 0.0167 e. The van der Waals surface area contributed by atoms with E-state index in [1.54, 1.807) is 5.56 Å². The number of hydrogen-bond donors (Lipinski definition) is 0. The van der Waals surface area contributed by atoms with Gasteiger partial charge in [-0.05, 0) is 29.9 Å². The van der Waals surface area contributed by atoms with Gasteiger partial charge in [0.15, 0.2) is 0 Å². The van der Waals surface area contributed by atoms with Crippen molar-refractivity contribution in [1.82, 2.24) is 0 Å². The molecule has 0 radical (unpaired) electrons. The molecule has 0 nitrogen and oxygen atoms in total. The predicted octanol–water partition coefficient (Wildman–Crippen LogP) is 4.16. The Morgan fingerprint density at radius 2 is 2.07 bits per heavy atom. The average molecular weight is 198 g/mol. The van der Waals surface area contributed by atoms with Crippen molar-refractivity contribution in [2.45, 2.75) is 38.0 Å². The number of fused-ring (bicyclic) bond motifs is 2. The third-order valence-electron chi connectivity index (χ3n) is 4.38. The van der Waals surface area contributed by atoms with Gasteiger partial charge in [0.1, 0.15) is 0 Å². The van der Waals surface area contributed by atoms with Crippen LogP contribution in [0.5, 0.6) is 0 Å². The molecule has 2 aliphatic carbocycles. The van der Waals surface area contributed by atoms with E-state index in [9.17, 15) is 0 Å². The Bertz CT molecular complexity index is 402.